The minimum absolute atomic E-state index is 0.00889. The normalized spacial score (nSPS) is 15.1. The van der Waals surface area contributed by atoms with Crippen LogP contribution in [-0.4, -0.2) is 43.3 Å². The van der Waals surface area contributed by atoms with Gasteiger partial charge in [-0.25, -0.2) is 0 Å². The minimum Gasteiger partial charge on any atom is -0.507 e. The average Bonchev–Trinajstić information content (AvgIpc) is 3.35. The highest BCUT2D eigenvalue weighted by atomic mass is 16.5. The van der Waals surface area contributed by atoms with Crippen molar-refractivity contribution in [2.75, 3.05) is 7.11 Å². The number of nitrogens with zero attached hydrogens (tertiary/aromatic N) is 3. The number of pyridine rings is 1. The number of phenols is 2. The van der Waals surface area contributed by atoms with E-state index in [2.05, 4.69) is 15.2 Å². The molecule has 0 saturated carbocycles. The third kappa shape index (κ3) is 3.13. The second-order valence-corrected chi connectivity index (χ2v) is 7.50. The van der Waals surface area contributed by atoms with Crippen molar-refractivity contribution in [1.82, 2.24) is 20.1 Å². The maximum atomic E-state index is 13.4. The monoisotopic (exact) mass is 428 g/mol. The van der Waals surface area contributed by atoms with Crippen LogP contribution >= 0.6 is 0 Å². The number of ether oxygens (including phenoxy) is 1. The SMILES string of the molecule is COc1cc([C@@H]2c3c(-c4ccccc4O)n[nH]c3C(=O)N2Cc2ccncc2)ccc1O. The van der Waals surface area contributed by atoms with Gasteiger partial charge in [-0.15, -0.1) is 0 Å². The fourth-order valence-electron chi connectivity index (χ4n) is 4.13. The Morgan fingerprint density at radius 2 is 1.84 bits per heavy atom. The Labute approximate surface area is 183 Å². The number of aromatic hydroxyl groups is 2. The summed E-state index contributed by atoms with van der Waals surface area (Å²) in [6, 6.07) is 15.1. The van der Waals surface area contributed by atoms with Crippen LogP contribution in [0.3, 0.4) is 0 Å². The molecule has 1 atom stereocenters. The number of fused-ring (bicyclic) bond motifs is 1. The van der Waals surface area contributed by atoms with Crippen molar-refractivity contribution in [2.45, 2.75) is 12.6 Å². The molecule has 0 saturated heterocycles. The van der Waals surface area contributed by atoms with Crippen LogP contribution in [0.15, 0.2) is 67.0 Å². The molecular weight excluding hydrogens is 408 g/mol. The van der Waals surface area contributed by atoms with Crippen molar-refractivity contribution < 1.29 is 19.7 Å². The first-order valence-electron chi connectivity index (χ1n) is 10.0. The van der Waals surface area contributed by atoms with Crippen molar-refractivity contribution >= 4 is 5.91 Å². The number of para-hydroxylation sites is 1. The molecule has 4 aromatic rings. The Bertz CT molecular complexity index is 1300. The molecule has 0 spiro atoms. The molecule has 0 fully saturated rings. The Kier molecular flexibility index (Phi) is 4.74. The summed E-state index contributed by atoms with van der Waals surface area (Å²) < 4.78 is 5.30. The number of aromatic amines is 1. The first-order chi connectivity index (χ1) is 15.6. The Morgan fingerprint density at radius 3 is 2.59 bits per heavy atom. The predicted octanol–water partition coefficient (Wildman–Crippen LogP) is 3.64. The number of aromatic nitrogens is 3. The van der Waals surface area contributed by atoms with Crippen LogP contribution in [0.25, 0.3) is 11.3 Å². The lowest BCUT2D eigenvalue weighted by Gasteiger charge is -2.27. The van der Waals surface area contributed by atoms with E-state index in [1.165, 1.54) is 7.11 Å². The van der Waals surface area contributed by atoms with Crippen molar-refractivity contribution in [3.05, 3.63) is 89.4 Å². The number of nitrogens with one attached hydrogen (secondary N) is 1. The van der Waals surface area contributed by atoms with E-state index in [-0.39, 0.29) is 17.4 Å². The molecule has 1 amide bonds. The molecule has 3 heterocycles. The first-order valence-corrected chi connectivity index (χ1v) is 10.0. The Balaban J connectivity index is 1.69. The van der Waals surface area contributed by atoms with Gasteiger partial charge in [0.05, 0.1) is 13.2 Å². The smallest absolute Gasteiger partial charge is 0.273 e. The summed E-state index contributed by atoms with van der Waals surface area (Å²) in [5.41, 5.74) is 3.73. The second-order valence-electron chi connectivity index (χ2n) is 7.50. The number of carbonyl (C=O) groups excluding carboxylic acids is 1. The van der Waals surface area contributed by atoms with E-state index < -0.39 is 6.04 Å². The summed E-state index contributed by atoms with van der Waals surface area (Å²) in [6.45, 7) is 0.345. The van der Waals surface area contributed by atoms with Crippen LogP contribution in [0.5, 0.6) is 17.2 Å². The van der Waals surface area contributed by atoms with Crippen molar-refractivity contribution in [3.63, 3.8) is 0 Å². The Hall–Kier alpha value is -4.33. The van der Waals surface area contributed by atoms with E-state index in [4.69, 9.17) is 4.74 Å². The average molecular weight is 428 g/mol. The van der Waals surface area contributed by atoms with E-state index >= 15 is 0 Å². The van der Waals surface area contributed by atoms with Crippen molar-refractivity contribution in [1.29, 1.82) is 0 Å². The molecule has 8 heteroatoms. The molecule has 32 heavy (non-hydrogen) atoms. The molecule has 5 rings (SSSR count). The second kappa shape index (κ2) is 7.73. The molecule has 0 aliphatic carbocycles. The number of H-pyrrole nitrogens is 1. The van der Waals surface area contributed by atoms with Crippen molar-refractivity contribution in [2.24, 2.45) is 0 Å². The van der Waals surface area contributed by atoms with Gasteiger partial charge < -0.3 is 19.8 Å². The fraction of sp³-hybridized carbons (Fsp3) is 0.125. The number of benzene rings is 2. The van der Waals surface area contributed by atoms with Crippen LogP contribution in [0.4, 0.5) is 0 Å². The zero-order chi connectivity index (χ0) is 22.2. The van der Waals surface area contributed by atoms with Crippen LogP contribution in [0.2, 0.25) is 0 Å². The zero-order valence-corrected chi connectivity index (χ0v) is 17.2. The number of phenolic OH excluding ortho intramolecular Hbond substituents is 2. The number of carbonyl (C=O) groups is 1. The topological polar surface area (TPSA) is 112 Å². The number of amides is 1. The van der Waals surface area contributed by atoms with Gasteiger partial charge in [0.15, 0.2) is 11.5 Å². The highest BCUT2D eigenvalue weighted by Crippen LogP contribution is 2.46. The van der Waals surface area contributed by atoms with Gasteiger partial charge in [-0.2, -0.15) is 5.10 Å². The third-order valence-corrected chi connectivity index (χ3v) is 5.64. The van der Waals surface area contributed by atoms with Crippen LogP contribution < -0.4 is 4.74 Å². The van der Waals surface area contributed by atoms with Gasteiger partial charge in [-0.1, -0.05) is 18.2 Å². The summed E-state index contributed by atoms with van der Waals surface area (Å²) >= 11 is 0. The lowest BCUT2D eigenvalue weighted by Crippen LogP contribution is -2.29. The summed E-state index contributed by atoms with van der Waals surface area (Å²) in [7, 11) is 1.48. The van der Waals surface area contributed by atoms with Crippen LogP contribution in [0.1, 0.15) is 33.2 Å². The summed E-state index contributed by atoms with van der Waals surface area (Å²) in [5, 5.41) is 27.8. The van der Waals surface area contributed by atoms with E-state index in [1.54, 1.807) is 59.8 Å². The molecule has 2 aromatic heterocycles. The maximum absolute atomic E-state index is 13.4. The van der Waals surface area contributed by atoms with Crippen LogP contribution in [0, 0.1) is 0 Å². The molecule has 0 radical (unpaired) electrons. The molecule has 1 aliphatic rings. The van der Waals surface area contributed by atoms with Gasteiger partial charge in [0.2, 0.25) is 0 Å². The third-order valence-electron chi connectivity index (χ3n) is 5.64. The van der Waals surface area contributed by atoms with Gasteiger partial charge in [-0.05, 0) is 47.5 Å². The van der Waals surface area contributed by atoms with E-state index in [1.807, 2.05) is 12.1 Å². The van der Waals surface area contributed by atoms with Gasteiger partial charge in [-0.3, -0.25) is 14.9 Å². The molecule has 1 aliphatic heterocycles. The van der Waals surface area contributed by atoms with Gasteiger partial charge in [0, 0.05) is 30.1 Å². The van der Waals surface area contributed by atoms with Gasteiger partial charge >= 0.3 is 0 Å². The molecule has 0 bridgehead atoms. The van der Waals surface area contributed by atoms with E-state index in [9.17, 15) is 15.0 Å². The summed E-state index contributed by atoms with van der Waals surface area (Å²) in [6.07, 6.45) is 3.37. The summed E-state index contributed by atoms with van der Waals surface area (Å²) in [5.74, 6) is 0.182. The molecule has 0 unspecified atom stereocenters. The highest BCUT2D eigenvalue weighted by Gasteiger charge is 2.42. The maximum Gasteiger partial charge on any atom is 0.273 e. The summed E-state index contributed by atoms with van der Waals surface area (Å²) in [4.78, 5) is 19.2. The highest BCUT2D eigenvalue weighted by molar-refractivity contribution is 6.00. The van der Waals surface area contributed by atoms with Gasteiger partial charge in [0.25, 0.3) is 5.91 Å². The lowest BCUT2D eigenvalue weighted by molar-refractivity contribution is 0.0730. The van der Waals surface area contributed by atoms with Crippen LogP contribution in [-0.2, 0) is 6.54 Å². The molecule has 160 valence electrons. The number of rotatable bonds is 5. The molecule has 2 aromatic carbocycles. The van der Waals surface area contributed by atoms with E-state index in [0.29, 0.717) is 34.8 Å². The minimum atomic E-state index is -0.506. The number of methoxy groups -OCH3 is 1. The molecule has 3 N–H and O–H groups in total. The fourth-order valence-corrected chi connectivity index (χ4v) is 4.13. The number of hydrogen-bond donors (Lipinski definition) is 3. The molecular formula is C24H20N4O4. The Morgan fingerprint density at radius 1 is 1.06 bits per heavy atom. The van der Waals surface area contributed by atoms with Crippen molar-refractivity contribution in [3.8, 4) is 28.5 Å². The quantitative estimate of drug-likeness (QED) is 0.448. The predicted molar refractivity (Wildman–Crippen MR) is 116 cm³/mol. The number of hydrogen-bond acceptors (Lipinski definition) is 6. The largest absolute Gasteiger partial charge is 0.507 e. The molecule has 8 nitrogen and oxygen atoms in total. The zero-order valence-electron chi connectivity index (χ0n) is 17.2. The van der Waals surface area contributed by atoms with E-state index in [0.717, 1.165) is 11.1 Å². The first kappa shape index (κ1) is 19.6. The van der Waals surface area contributed by atoms with Gasteiger partial charge in [0.1, 0.15) is 17.1 Å². The standard InChI is InChI=1S/C24H20N4O4/c1-32-19-12-15(6-7-18(19)30)23-20-21(16-4-2-3-5-17(16)29)26-27-22(20)24(31)28(23)13-14-8-10-25-11-9-14/h2-12,23,29-30H,13H2,1H3,(H,26,27)/t23-/m1/s1. The lowest BCUT2D eigenvalue weighted by atomic mass is 9.95.